The van der Waals surface area contributed by atoms with Crippen LogP contribution in [0.2, 0.25) is 0 Å². The van der Waals surface area contributed by atoms with Gasteiger partial charge in [0.25, 0.3) is 0 Å². The lowest BCUT2D eigenvalue weighted by atomic mass is 9.98. The third-order valence-electron chi connectivity index (χ3n) is 2.00. The zero-order chi connectivity index (χ0) is 7.78. The average molecular weight is 164 g/mol. The van der Waals surface area contributed by atoms with Crippen LogP contribution in [-0.2, 0) is 0 Å². The normalized spacial score (nSPS) is 29.4. The van der Waals surface area contributed by atoms with E-state index in [4.69, 9.17) is 11.8 Å². The summed E-state index contributed by atoms with van der Waals surface area (Å²) in [5.41, 5.74) is -0.655. The highest BCUT2D eigenvalue weighted by molar-refractivity contribution is 6.13. The molecule has 1 N–H and O–H groups in total. The standard InChI is InChI=1S/C7H14ClNO/c1-7(2,10)6-4-3-5-9(6)8/h6,10H,3-5H2,1-2H3/t6-/m0/s1. The molecule has 1 aliphatic rings. The predicted octanol–water partition coefficient (Wildman–Crippen LogP) is 1.38. The van der Waals surface area contributed by atoms with E-state index >= 15 is 0 Å². The first-order valence-electron chi connectivity index (χ1n) is 3.66. The summed E-state index contributed by atoms with van der Waals surface area (Å²) in [5, 5.41) is 9.56. The fraction of sp³-hybridized carbons (Fsp3) is 1.00. The lowest BCUT2D eigenvalue weighted by molar-refractivity contribution is 0.0221. The average Bonchev–Trinajstić information content (AvgIpc) is 2.11. The van der Waals surface area contributed by atoms with E-state index in [0.29, 0.717) is 0 Å². The molecule has 0 bridgehead atoms. The first-order valence-corrected chi connectivity index (χ1v) is 4.00. The first kappa shape index (κ1) is 8.31. The Morgan fingerprint density at radius 2 is 2.20 bits per heavy atom. The Balaban J connectivity index is 2.55. The molecule has 1 fully saturated rings. The summed E-state index contributed by atoms with van der Waals surface area (Å²) in [6, 6.07) is 0.133. The summed E-state index contributed by atoms with van der Waals surface area (Å²) >= 11 is 5.84. The van der Waals surface area contributed by atoms with Gasteiger partial charge in [0.2, 0.25) is 0 Å². The fourth-order valence-corrected chi connectivity index (χ4v) is 1.88. The highest BCUT2D eigenvalue weighted by Gasteiger charge is 2.34. The van der Waals surface area contributed by atoms with Crippen molar-refractivity contribution in [3.8, 4) is 0 Å². The van der Waals surface area contributed by atoms with Gasteiger partial charge in [0, 0.05) is 6.54 Å². The molecule has 0 aliphatic carbocycles. The minimum atomic E-state index is -0.655. The molecule has 1 heterocycles. The summed E-state index contributed by atoms with van der Waals surface area (Å²) < 4.78 is 1.71. The van der Waals surface area contributed by atoms with Gasteiger partial charge < -0.3 is 5.11 Å². The van der Waals surface area contributed by atoms with Gasteiger partial charge in [-0.05, 0) is 38.5 Å². The van der Waals surface area contributed by atoms with Crippen molar-refractivity contribution in [3.05, 3.63) is 0 Å². The number of rotatable bonds is 1. The molecule has 60 valence electrons. The zero-order valence-electron chi connectivity index (χ0n) is 6.47. The molecule has 1 saturated heterocycles. The van der Waals surface area contributed by atoms with Crippen LogP contribution >= 0.6 is 11.8 Å². The molecule has 0 amide bonds. The minimum absolute atomic E-state index is 0.133. The largest absolute Gasteiger partial charge is 0.389 e. The zero-order valence-corrected chi connectivity index (χ0v) is 7.23. The van der Waals surface area contributed by atoms with Crippen LogP contribution in [0.25, 0.3) is 0 Å². The lowest BCUT2D eigenvalue weighted by Crippen LogP contribution is -2.41. The van der Waals surface area contributed by atoms with Crippen LogP contribution in [0.1, 0.15) is 26.7 Å². The topological polar surface area (TPSA) is 23.5 Å². The van der Waals surface area contributed by atoms with Gasteiger partial charge in [-0.2, -0.15) is 0 Å². The second-order valence-corrected chi connectivity index (χ2v) is 3.87. The van der Waals surface area contributed by atoms with Gasteiger partial charge in [0.05, 0.1) is 11.6 Å². The van der Waals surface area contributed by atoms with Crippen molar-refractivity contribution in [2.75, 3.05) is 6.54 Å². The summed E-state index contributed by atoms with van der Waals surface area (Å²) in [6.45, 7) is 4.51. The van der Waals surface area contributed by atoms with E-state index in [1.165, 1.54) is 0 Å². The third-order valence-corrected chi connectivity index (χ3v) is 2.41. The van der Waals surface area contributed by atoms with Gasteiger partial charge in [-0.15, -0.1) is 0 Å². The van der Waals surface area contributed by atoms with Gasteiger partial charge in [0.15, 0.2) is 0 Å². The second kappa shape index (κ2) is 2.68. The van der Waals surface area contributed by atoms with Gasteiger partial charge in [-0.25, -0.2) is 4.42 Å². The van der Waals surface area contributed by atoms with Crippen molar-refractivity contribution < 1.29 is 5.11 Å². The Morgan fingerprint density at radius 1 is 1.60 bits per heavy atom. The predicted molar refractivity (Wildman–Crippen MR) is 41.9 cm³/mol. The Bertz CT molecular complexity index is 121. The smallest absolute Gasteiger partial charge is 0.0759 e. The van der Waals surface area contributed by atoms with E-state index in [-0.39, 0.29) is 6.04 Å². The van der Waals surface area contributed by atoms with Crippen LogP contribution in [0, 0.1) is 0 Å². The quantitative estimate of drug-likeness (QED) is 0.591. The summed E-state index contributed by atoms with van der Waals surface area (Å²) in [6.07, 6.45) is 2.10. The molecule has 0 saturated carbocycles. The second-order valence-electron chi connectivity index (χ2n) is 3.43. The molecule has 0 spiro atoms. The van der Waals surface area contributed by atoms with Crippen molar-refractivity contribution in [3.63, 3.8) is 0 Å². The molecule has 10 heavy (non-hydrogen) atoms. The number of halogens is 1. The van der Waals surface area contributed by atoms with E-state index in [1.807, 2.05) is 0 Å². The molecule has 0 radical (unpaired) electrons. The molecule has 0 aromatic rings. The number of hydrogen-bond donors (Lipinski definition) is 1. The van der Waals surface area contributed by atoms with E-state index < -0.39 is 5.60 Å². The van der Waals surface area contributed by atoms with Crippen molar-refractivity contribution in [2.24, 2.45) is 0 Å². The Hall–Kier alpha value is 0.210. The number of hydrogen-bond acceptors (Lipinski definition) is 2. The Kier molecular flexibility index (Phi) is 2.23. The van der Waals surface area contributed by atoms with Crippen LogP contribution in [-0.4, -0.2) is 27.7 Å². The molecule has 1 aliphatic heterocycles. The minimum Gasteiger partial charge on any atom is -0.389 e. The van der Waals surface area contributed by atoms with Crippen LogP contribution in [0.15, 0.2) is 0 Å². The van der Waals surface area contributed by atoms with Gasteiger partial charge in [-0.1, -0.05) is 0 Å². The molecule has 0 unspecified atom stereocenters. The maximum Gasteiger partial charge on any atom is 0.0759 e. The van der Waals surface area contributed by atoms with Gasteiger partial charge in [0.1, 0.15) is 0 Å². The Labute approximate surface area is 66.9 Å². The highest BCUT2D eigenvalue weighted by Crippen LogP contribution is 2.27. The summed E-state index contributed by atoms with van der Waals surface area (Å²) in [4.78, 5) is 0. The molecule has 2 nitrogen and oxygen atoms in total. The van der Waals surface area contributed by atoms with Crippen LogP contribution in [0.3, 0.4) is 0 Å². The SMILES string of the molecule is CC(C)(O)[C@@H]1CCCN1Cl. The van der Waals surface area contributed by atoms with Crippen molar-refractivity contribution in [2.45, 2.75) is 38.3 Å². The molecule has 3 heteroatoms. The lowest BCUT2D eigenvalue weighted by Gasteiger charge is -2.29. The molecule has 0 aromatic carbocycles. The van der Waals surface area contributed by atoms with Crippen LogP contribution in [0.5, 0.6) is 0 Å². The monoisotopic (exact) mass is 163 g/mol. The van der Waals surface area contributed by atoms with E-state index in [1.54, 1.807) is 18.3 Å². The molecular formula is C7H14ClNO. The van der Waals surface area contributed by atoms with E-state index in [0.717, 1.165) is 19.4 Å². The van der Waals surface area contributed by atoms with Crippen molar-refractivity contribution in [1.29, 1.82) is 0 Å². The number of aliphatic hydroxyl groups is 1. The Morgan fingerprint density at radius 3 is 2.40 bits per heavy atom. The highest BCUT2D eigenvalue weighted by atomic mass is 35.5. The fourth-order valence-electron chi connectivity index (χ4n) is 1.43. The van der Waals surface area contributed by atoms with E-state index in [2.05, 4.69) is 0 Å². The van der Waals surface area contributed by atoms with Crippen molar-refractivity contribution in [1.82, 2.24) is 4.42 Å². The summed E-state index contributed by atoms with van der Waals surface area (Å²) in [7, 11) is 0. The molecule has 0 aromatic heterocycles. The van der Waals surface area contributed by atoms with Crippen LogP contribution in [0.4, 0.5) is 0 Å². The number of nitrogens with zero attached hydrogens (tertiary/aromatic N) is 1. The van der Waals surface area contributed by atoms with E-state index in [9.17, 15) is 5.11 Å². The summed E-state index contributed by atoms with van der Waals surface area (Å²) in [5.74, 6) is 0. The maximum absolute atomic E-state index is 9.56. The first-order chi connectivity index (χ1) is 4.52. The molecule has 1 rings (SSSR count). The van der Waals surface area contributed by atoms with Crippen LogP contribution < -0.4 is 0 Å². The molecular weight excluding hydrogens is 150 g/mol. The maximum atomic E-state index is 9.56. The molecule has 1 atom stereocenters. The van der Waals surface area contributed by atoms with Gasteiger partial charge in [-0.3, -0.25) is 0 Å². The van der Waals surface area contributed by atoms with Gasteiger partial charge >= 0.3 is 0 Å². The third kappa shape index (κ3) is 1.62. The van der Waals surface area contributed by atoms with Crippen molar-refractivity contribution >= 4 is 11.8 Å².